The molecular weight excluding hydrogens is 353 g/mol. The summed E-state index contributed by atoms with van der Waals surface area (Å²) in [7, 11) is 0. The van der Waals surface area contributed by atoms with Gasteiger partial charge < -0.3 is 4.74 Å². The number of fused-ring (bicyclic) bond motifs is 5. The van der Waals surface area contributed by atoms with E-state index in [9.17, 15) is 23.6 Å². The van der Waals surface area contributed by atoms with Crippen LogP contribution in [0.25, 0.3) is 0 Å². The highest BCUT2D eigenvalue weighted by Gasteiger charge is 2.59. The van der Waals surface area contributed by atoms with E-state index in [1.165, 1.54) is 19.1 Å². The van der Waals surface area contributed by atoms with Crippen LogP contribution in [-0.4, -0.2) is 41.1 Å². The van der Waals surface area contributed by atoms with Crippen molar-refractivity contribution in [2.45, 2.75) is 19.4 Å². The van der Waals surface area contributed by atoms with Crippen molar-refractivity contribution in [1.29, 1.82) is 0 Å². The molecule has 7 heteroatoms. The third kappa shape index (κ3) is 2.87. The Morgan fingerprint density at radius 1 is 1.11 bits per heavy atom. The molecule has 2 amide bonds. The lowest BCUT2D eigenvalue weighted by Crippen LogP contribution is -2.39. The molecular formula is C20H18FNO5. The standard InChI is InChI=1S/C20H18FNO5/c1-10(18(24)11-4-6-14(21)7-5-11)27-15(23)9-22-19(25)16-12-2-3-13(8-12)17(16)20(22)26/h2-7,10,12-13,16-17H,8-9H2,1H3. The van der Waals surface area contributed by atoms with E-state index in [1.54, 1.807) is 0 Å². The van der Waals surface area contributed by atoms with Gasteiger partial charge in [0, 0.05) is 5.56 Å². The summed E-state index contributed by atoms with van der Waals surface area (Å²) < 4.78 is 18.1. The maximum atomic E-state index is 12.9. The first-order chi connectivity index (χ1) is 12.9. The number of amides is 2. The molecule has 1 aromatic carbocycles. The van der Waals surface area contributed by atoms with Gasteiger partial charge in [-0.1, -0.05) is 12.2 Å². The topological polar surface area (TPSA) is 80.8 Å². The lowest BCUT2D eigenvalue weighted by molar-refractivity contribution is -0.155. The molecule has 1 heterocycles. The number of hydrogen-bond donors (Lipinski definition) is 0. The Morgan fingerprint density at radius 3 is 2.22 bits per heavy atom. The van der Waals surface area contributed by atoms with Gasteiger partial charge >= 0.3 is 5.97 Å². The first-order valence-electron chi connectivity index (χ1n) is 8.89. The number of carbonyl (C=O) groups excluding carboxylic acids is 4. The Labute approximate surface area is 155 Å². The predicted molar refractivity (Wildman–Crippen MR) is 90.7 cm³/mol. The van der Waals surface area contributed by atoms with Crippen LogP contribution in [0.4, 0.5) is 4.39 Å². The Morgan fingerprint density at radius 2 is 1.67 bits per heavy atom. The molecule has 1 aliphatic heterocycles. The Kier molecular flexibility index (Phi) is 4.17. The molecule has 0 radical (unpaired) electrons. The summed E-state index contributed by atoms with van der Waals surface area (Å²) in [5.74, 6) is -3.07. The van der Waals surface area contributed by atoms with Crippen LogP contribution < -0.4 is 0 Å². The maximum Gasteiger partial charge on any atom is 0.326 e. The van der Waals surface area contributed by atoms with Gasteiger partial charge in [0.1, 0.15) is 12.4 Å². The summed E-state index contributed by atoms with van der Waals surface area (Å²) in [6.07, 6.45) is 3.66. The van der Waals surface area contributed by atoms with E-state index in [2.05, 4.69) is 0 Å². The number of benzene rings is 1. The molecule has 0 aromatic heterocycles. The second-order valence-corrected chi connectivity index (χ2v) is 7.27. The first kappa shape index (κ1) is 17.6. The van der Waals surface area contributed by atoms with Crippen LogP contribution in [0.1, 0.15) is 23.7 Å². The number of ether oxygens (including phenoxy) is 1. The molecule has 5 unspecified atom stereocenters. The number of rotatable bonds is 5. The number of nitrogens with zero attached hydrogens (tertiary/aromatic N) is 1. The smallest absolute Gasteiger partial charge is 0.326 e. The number of halogens is 1. The van der Waals surface area contributed by atoms with Crippen LogP contribution in [0.3, 0.4) is 0 Å². The molecule has 1 aromatic rings. The summed E-state index contributed by atoms with van der Waals surface area (Å²) in [5.41, 5.74) is 0.210. The minimum absolute atomic E-state index is 0.0662. The van der Waals surface area contributed by atoms with Crippen molar-refractivity contribution in [3.05, 3.63) is 47.8 Å². The van der Waals surface area contributed by atoms with Gasteiger partial charge in [0.05, 0.1) is 11.8 Å². The molecule has 5 atom stereocenters. The van der Waals surface area contributed by atoms with E-state index in [0.717, 1.165) is 23.5 Å². The number of likely N-dealkylation sites (tertiary alicyclic amines) is 1. The zero-order valence-electron chi connectivity index (χ0n) is 14.6. The van der Waals surface area contributed by atoms with Crippen molar-refractivity contribution in [3.63, 3.8) is 0 Å². The number of esters is 1. The molecule has 27 heavy (non-hydrogen) atoms. The number of Topliss-reactive ketones (excluding diaryl/α,β-unsaturated/α-hetero) is 1. The number of imide groups is 1. The molecule has 0 spiro atoms. The fourth-order valence-corrected chi connectivity index (χ4v) is 4.39. The van der Waals surface area contributed by atoms with Crippen molar-refractivity contribution < 1.29 is 28.3 Å². The van der Waals surface area contributed by atoms with Gasteiger partial charge in [-0.3, -0.25) is 24.1 Å². The quantitative estimate of drug-likeness (QED) is 0.341. The molecule has 140 valence electrons. The fourth-order valence-electron chi connectivity index (χ4n) is 4.39. The third-order valence-electron chi connectivity index (χ3n) is 5.66. The van der Waals surface area contributed by atoms with Gasteiger partial charge in [0.25, 0.3) is 0 Å². The second-order valence-electron chi connectivity index (χ2n) is 7.27. The predicted octanol–water partition coefficient (Wildman–Crippen LogP) is 1.75. The Balaban J connectivity index is 1.38. The molecule has 4 rings (SSSR count). The van der Waals surface area contributed by atoms with E-state index in [0.29, 0.717) is 0 Å². The highest BCUT2D eigenvalue weighted by molar-refractivity contribution is 6.08. The van der Waals surface area contributed by atoms with Crippen LogP contribution >= 0.6 is 0 Å². The van der Waals surface area contributed by atoms with Gasteiger partial charge in [0.2, 0.25) is 17.6 Å². The van der Waals surface area contributed by atoms with Gasteiger partial charge in [-0.05, 0) is 49.4 Å². The van der Waals surface area contributed by atoms with Gasteiger partial charge in [0.15, 0.2) is 6.10 Å². The zero-order chi connectivity index (χ0) is 19.3. The minimum atomic E-state index is -1.10. The average molecular weight is 371 g/mol. The lowest BCUT2D eigenvalue weighted by atomic mass is 9.85. The summed E-state index contributed by atoms with van der Waals surface area (Å²) >= 11 is 0. The van der Waals surface area contributed by atoms with Crippen LogP contribution in [0.2, 0.25) is 0 Å². The van der Waals surface area contributed by atoms with Gasteiger partial charge in [-0.15, -0.1) is 0 Å². The largest absolute Gasteiger partial charge is 0.453 e. The Bertz CT molecular complexity index is 832. The summed E-state index contributed by atoms with van der Waals surface area (Å²) in [5, 5.41) is 0. The number of allylic oxidation sites excluding steroid dienone is 2. The lowest BCUT2D eigenvalue weighted by Gasteiger charge is -2.18. The average Bonchev–Trinajstić information content (AvgIpc) is 3.32. The highest BCUT2D eigenvalue weighted by atomic mass is 19.1. The third-order valence-corrected chi connectivity index (χ3v) is 5.66. The fraction of sp³-hybridized carbons (Fsp3) is 0.400. The van der Waals surface area contributed by atoms with Crippen LogP contribution in [0.15, 0.2) is 36.4 Å². The normalized spacial score (nSPS) is 29.2. The van der Waals surface area contributed by atoms with Gasteiger partial charge in [-0.25, -0.2) is 4.39 Å². The van der Waals surface area contributed by atoms with Crippen LogP contribution in [0.5, 0.6) is 0 Å². The van der Waals surface area contributed by atoms with Crippen molar-refractivity contribution in [2.24, 2.45) is 23.7 Å². The van der Waals surface area contributed by atoms with Crippen LogP contribution in [-0.2, 0) is 19.1 Å². The van der Waals surface area contributed by atoms with E-state index in [4.69, 9.17) is 4.74 Å². The molecule has 2 fully saturated rings. The van der Waals surface area contributed by atoms with E-state index < -0.39 is 30.2 Å². The van der Waals surface area contributed by atoms with Crippen molar-refractivity contribution in [2.75, 3.05) is 6.54 Å². The number of carbonyl (C=O) groups is 4. The molecule has 3 aliphatic rings. The molecule has 2 bridgehead atoms. The monoisotopic (exact) mass is 371 g/mol. The molecule has 1 saturated carbocycles. The SMILES string of the molecule is CC(OC(=O)CN1C(=O)C2C3C=CC(C3)C2C1=O)C(=O)c1ccc(F)cc1. The van der Waals surface area contributed by atoms with Crippen LogP contribution in [0, 0.1) is 29.5 Å². The summed E-state index contributed by atoms with van der Waals surface area (Å²) in [4.78, 5) is 50.5. The number of hydrogen-bond acceptors (Lipinski definition) is 5. The molecule has 2 aliphatic carbocycles. The minimum Gasteiger partial charge on any atom is -0.453 e. The van der Waals surface area contributed by atoms with E-state index >= 15 is 0 Å². The van der Waals surface area contributed by atoms with E-state index in [1.807, 2.05) is 12.2 Å². The van der Waals surface area contributed by atoms with Crippen molar-refractivity contribution in [1.82, 2.24) is 4.90 Å². The molecule has 0 N–H and O–H groups in total. The van der Waals surface area contributed by atoms with E-state index in [-0.39, 0.29) is 41.0 Å². The summed E-state index contributed by atoms with van der Waals surface area (Å²) in [6.45, 7) is 0.904. The Hall–Kier alpha value is -2.83. The van der Waals surface area contributed by atoms with Crippen molar-refractivity contribution >= 4 is 23.6 Å². The second kappa shape index (κ2) is 6.40. The number of ketones is 1. The highest BCUT2D eigenvalue weighted by Crippen LogP contribution is 2.52. The maximum absolute atomic E-state index is 12.9. The molecule has 1 saturated heterocycles. The van der Waals surface area contributed by atoms with Gasteiger partial charge in [-0.2, -0.15) is 0 Å². The molecule has 6 nitrogen and oxygen atoms in total. The summed E-state index contributed by atoms with van der Waals surface area (Å²) in [6, 6.07) is 4.90. The van der Waals surface area contributed by atoms with Crippen molar-refractivity contribution in [3.8, 4) is 0 Å². The zero-order valence-corrected chi connectivity index (χ0v) is 14.6. The first-order valence-corrected chi connectivity index (χ1v) is 8.89.